The van der Waals surface area contributed by atoms with Crippen LogP contribution in [-0.2, 0) is 14.6 Å². The summed E-state index contributed by atoms with van der Waals surface area (Å²) in [7, 11) is -3.57. The standard InChI is InChI=1S/C15H12ClNO3S/c16-12-8-6-11(7-9-12)15-17(13-4-2-1-3-5-13)14(18)10-21(15,19)20/h1-9,15H,10H2. The Kier molecular flexibility index (Phi) is 3.47. The topological polar surface area (TPSA) is 54.5 Å². The smallest absolute Gasteiger partial charge is 0.243 e. The number of rotatable bonds is 2. The number of amides is 1. The van der Waals surface area contributed by atoms with Gasteiger partial charge in [-0.05, 0) is 29.8 Å². The second-order valence-corrected chi connectivity index (χ2v) is 7.31. The summed E-state index contributed by atoms with van der Waals surface area (Å²) in [5.41, 5.74) is 1.11. The van der Waals surface area contributed by atoms with Gasteiger partial charge < -0.3 is 0 Å². The first-order valence-electron chi connectivity index (χ1n) is 6.33. The lowest BCUT2D eigenvalue weighted by molar-refractivity contribution is -0.115. The predicted octanol–water partition coefficient (Wildman–Crippen LogP) is 2.80. The van der Waals surface area contributed by atoms with Crippen molar-refractivity contribution in [3.63, 3.8) is 0 Å². The van der Waals surface area contributed by atoms with E-state index in [2.05, 4.69) is 0 Å². The third-order valence-corrected chi connectivity index (χ3v) is 5.42. The Bertz CT molecular complexity index is 772. The summed E-state index contributed by atoms with van der Waals surface area (Å²) in [4.78, 5) is 13.5. The van der Waals surface area contributed by atoms with Crippen LogP contribution >= 0.6 is 11.6 Å². The van der Waals surface area contributed by atoms with Crippen molar-refractivity contribution in [1.82, 2.24) is 0 Å². The molecule has 1 aliphatic heterocycles. The van der Waals surface area contributed by atoms with Crippen molar-refractivity contribution in [2.24, 2.45) is 0 Å². The van der Waals surface area contributed by atoms with Crippen molar-refractivity contribution < 1.29 is 13.2 Å². The third kappa shape index (κ3) is 2.54. The van der Waals surface area contributed by atoms with Gasteiger partial charge in [-0.15, -0.1) is 0 Å². The maximum absolute atomic E-state index is 12.3. The highest BCUT2D eigenvalue weighted by molar-refractivity contribution is 7.93. The zero-order valence-electron chi connectivity index (χ0n) is 10.9. The average Bonchev–Trinajstić information content (AvgIpc) is 2.70. The molecule has 108 valence electrons. The van der Waals surface area contributed by atoms with Crippen molar-refractivity contribution >= 4 is 33.0 Å². The molecule has 1 heterocycles. The first kappa shape index (κ1) is 14.1. The summed E-state index contributed by atoms with van der Waals surface area (Å²) >= 11 is 5.84. The number of halogens is 1. The first-order valence-corrected chi connectivity index (χ1v) is 8.42. The van der Waals surface area contributed by atoms with E-state index in [1.54, 1.807) is 48.5 Å². The molecule has 1 fully saturated rings. The summed E-state index contributed by atoms with van der Waals surface area (Å²) < 4.78 is 24.7. The highest BCUT2D eigenvalue weighted by atomic mass is 35.5. The van der Waals surface area contributed by atoms with Crippen LogP contribution in [0.1, 0.15) is 10.9 Å². The van der Waals surface area contributed by atoms with Crippen LogP contribution in [0.2, 0.25) is 5.02 Å². The third-order valence-electron chi connectivity index (χ3n) is 3.36. The Morgan fingerprint density at radius 1 is 1.00 bits per heavy atom. The van der Waals surface area contributed by atoms with E-state index >= 15 is 0 Å². The molecule has 2 aromatic carbocycles. The van der Waals surface area contributed by atoms with Gasteiger partial charge in [0.2, 0.25) is 5.91 Å². The molecule has 1 atom stereocenters. The van der Waals surface area contributed by atoms with E-state index in [1.165, 1.54) is 4.90 Å². The monoisotopic (exact) mass is 321 g/mol. The number of hydrogen-bond acceptors (Lipinski definition) is 3. The van der Waals surface area contributed by atoms with E-state index in [4.69, 9.17) is 11.6 Å². The second kappa shape index (κ2) is 5.16. The van der Waals surface area contributed by atoms with Gasteiger partial charge in [0.25, 0.3) is 0 Å². The lowest BCUT2D eigenvalue weighted by Crippen LogP contribution is -2.28. The number of hydrogen-bond donors (Lipinski definition) is 0. The lowest BCUT2D eigenvalue weighted by atomic mass is 10.2. The van der Waals surface area contributed by atoms with Crippen LogP contribution in [0.3, 0.4) is 0 Å². The summed E-state index contributed by atoms with van der Waals surface area (Å²) in [6.45, 7) is 0. The zero-order valence-corrected chi connectivity index (χ0v) is 12.5. The molecule has 0 bridgehead atoms. The number of benzene rings is 2. The molecule has 0 N–H and O–H groups in total. The molecule has 1 unspecified atom stereocenters. The minimum Gasteiger partial charge on any atom is -0.290 e. The summed E-state index contributed by atoms with van der Waals surface area (Å²) in [6.07, 6.45) is 0. The van der Waals surface area contributed by atoms with E-state index < -0.39 is 26.9 Å². The van der Waals surface area contributed by atoms with Crippen LogP contribution in [0, 0.1) is 0 Å². The normalized spacial score (nSPS) is 20.7. The second-order valence-electron chi connectivity index (χ2n) is 4.81. The molecule has 1 aliphatic rings. The number of nitrogens with zero attached hydrogens (tertiary/aromatic N) is 1. The molecule has 4 nitrogen and oxygen atoms in total. The van der Waals surface area contributed by atoms with Crippen LogP contribution in [-0.4, -0.2) is 20.1 Å². The highest BCUT2D eigenvalue weighted by Gasteiger charge is 2.45. The molecular weight excluding hydrogens is 310 g/mol. The molecule has 6 heteroatoms. The lowest BCUT2D eigenvalue weighted by Gasteiger charge is -2.23. The Morgan fingerprint density at radius 2 is 1.62 bits per heavy atom. The summed E-state index contributed by atoms with van der Waals surface area (Å²) in [5.74, 6) is -0.893. The molecule has 0 spiro atoms. The number of anilines is 1. The molecule has 0 radical (unpaired) electrons. The molecule has 0 saturated carbocycles. The van der Waals surface area contributed by atoms with Gasteiger partial charge in [0.1, 0.15) is 5.75 Å². The van der Waals surface area contributed by atoms with E-state index in [0.29, 0.717) is 16.3 Å². The van der Waals surface area contributed by atoms with E-state index in [0.717, 1.165) is 0 Å². The van der Waals surface area contributed by atoms with Gasteiger partial charge in [-0.1, -0.05) is 41.9 Å². The fourth-order valence-electron chi connectivity index (χ4n) is 2.46. The Balaban J connectivity index is 2.13. The Morgan fingerprint density at radius 3 is 2.24 bits per heavy atom. The van der Waals surface area contributed by atoms with Crippen LogP contribution in [0.25, 0.3) is 0 Å². The van der Waals surface area contributed by atoms with E-state index in [1.807, 2.05) is 6.07 Å². The predicted molar refractivity (Wildman–Crippen MR) is 81.9 cm³/mol. The van der Waals surface area contributed by atoms with Gasteiger partial charge in [-0.3, -0.25) is 9.69 Å². The molecule has 21 heavy (non-hydrogen) atoms. The molecular formula is C15H12ClNO3S. The first-order chi connectivity index (χ1) is 9.99. The van der Waals surface area contributed by atoms with Crippen molar-refractivity contribution in [3.05, 3.63) is 65.2 Å². The zero-order chi connectivity index (χ0) is 15.0. The molecule has 0 aromatic heterocycles. The summed E-state index contributed by atoms with van der Waals surface area (Å²) in [6, 6.07) is 15.3. The minimum absolute atomic E-state index is 0.416. The van der Waals surface area contributed by atoms with E-state index in [9.17, 15) is 13.2 Å². The fraction of sp³-hybridized carbons (Fsp3) is 0.133. The molecule has 1 saturated heterocycles. The van der Waals surface area contributed by atoms with Crippen molar-refractivity contribution in [2.75, 3.05) is 10.7 Å². The van der Waals surface area contributed by atoms with Crippen molar-refractivity contribution in [1.29, 1.82) is 0 Å². The SMILES string of the molecule is O=C1CS(=O)(=O)C(c2ccc(Cl)cc2)N1c1ccccc1. The van der Waals surface area contributed by atoms with Crippen LogP contribution in [0.5, 0.6) is 0 Å². The fourth-order valence-corrected chi connectivity index (χ4v) is 4.36. The van der Waals surface area contributed by atoms with Gasteiger partial charge in [0, 0.05) is 10.7 Å². The molecule has 3 rings (SSSR count). The van der Waals surface area contributed by atoms with Crippen molar-refractivity contribution in [3.8, 4) is 0 Å². The van der Waals surface area contributed by atoms with Crippen molar-refractivity contribution in [2.45, 2.75) is 5.37 Å². The average molecular weight is 322 g/mol. The van der Waals surface area contributed by atoms with E-state index in [-0.39, 0.29) is 0 Å². The maximum Gasteiger partial charge on any atom is 0.243 e. The van der Waals surface area contributed by atoms with Gasteiger partial charge >= 0.3 is 0 Å². The Hall–Kier alpha value is -1.85. The maximum atomic E-state index is 12.3. The van der Waals surface area contributed by atoms with Gasteiger partial charge in [0.15, 0.2) is 15.2 Å². The van der Waals surface area contributed by atoms with Crippen LogP contribution in [0.4, 0.5) is 5.69 Å². The number of carbonyl (C=O) groups excluding carboxylic acids is 1. The van der Waals surface area contributed by atoms with Crippen LogP contribution < -0.4 is 4.90 Å². The van der Waals surface area contributed by atoms with Gasteiger partial charge in [0.05, 0.1) is 0 Å². The van der Waals surface area contributed by atoms with Gasteiger partial charge in [-0.25, -0.2) is 8.42 Å². The minimum atomic E-state index is -3.57. The highest BCUT2D eigenvalue weighted by Crippen LogP contribution is 2.37. The number of carbonyl (C=O) groups is 1. The quantitative estimate of drug-likeness (QED) is 0.854. The summed E-state index contributed by atoms with van der Waals surface area (Å²) in [5, 5.41) is -0.476. The Labute approximate surface area is 127 Å². The molecule has 1 amide bonds. The largest absolute Gasteiger partial charge is 0.290 e. The van der Waals surface area contributed by atoms with Gasteiger partial charge in [-0.2, -0.15) is 0 Å². The molecule has 2 aromatic rings. The number of sulfone groups is 1. The molecule has 0 aliphatic carbocycles. The number of para-hydroxylation sites is 1. The van der Waals surface area contributed by atoms with Crippen LogP contribution in [0.15, 0.2) is 54.6 Å².